The van der Waals surface area contributed by atoms with E-state index in [1.165, 1.54) is 22.3 Å². The molecule has 1 heterocycles. The molecule has 0 aliphatic heterocycles. The van der Waals surface area contributed by atoms with Crippen LogP contribution in [-0.4, -0.2) is 0 Å². The Labute approximate surface area is 132 Å². The molecule has 0 aliphatic rings. The highest BCUT2D eigenvalue weighted by Gasteiger charge is 2.17. The van der Waals surface area contributed by atoms with E-state index in [9.17, 15) is 0 Å². The van der Waals surface area contributed by atoms with Crippen molar-refractivity contribution in [1.82, 2.24) is 0 Å². The van der Waals surface area contributed by atoms with Gasteiger partial charge in [-0.3, -0.25) is 0 Å². The minimum Gasteiger partial charge on any atom is -0.211 e. The number of aromatic nitrogens is 1. The van der Waals surface area contributed by atoms with Crippen LogP contribution in [0.5, 0.6) is 0 Å². The van der Waals surface area contributed by atoms with E-state index in [0.29, 0.717) is 0 Å². The Morgan fingerprint density at radius 1 is 0.682 bits per heavy atom. The summed E-state index contributed by atoms with van der Waals surface area (Å²) in [7, 11) is 0. The van der Waals surface area contributed by atoms with Crippen molar-refractivity contribution in [3.05, 3.63) is 78.5 Å². The number of rotatable bonds is 2. The molecule has 0 saturated carbocycles. The zero-order valence-corrected chi connectivity index (χ0v) is 13.4. The Morgan fingerprint density at radius 3 is 2.09 bits per heavy atom. The van der Waals surface area contributed by atoms with E-state index in [1.54, 1.807) is 0 Å². The van der Waals surface area contributed by atoms with Crippen LogP contribution in [0, 0.1) is 0 Å². The van der Waals surface area contributed by atoms with Gasteiger partial charge in [0.1, 0.15) is 0 Å². The average molecular weight is 288 g/mol. The molecule has 110 valence electrons. The predicted octanol–water partition coefficient (Wildman–Crippen LogP) is 5.13. The summed E-state index contributed by atoms with van der Waals surface area (Å²) >= 11 is 0. The molecule has 0 unspecified atom stereocenters. The number of aromatic amines is 1. The second kappa shape index (κ2) is 5.76. The third-order valence-corrected chi connectivity index (χ3v) is 3.95. The molecule has 3 rings (SSSR count). The summed E-state index contributed by atoms with van der Waals surface area (Å²) in [6.07, 6.45) is 2.03. The van der Waals surface area contributed by atoms with Crippen molar-refractivity contribution in [2.75, 3.05) is 0 Å². The monoisotopic (exact) mass is 288 g/mol. The molecule has 0 saturated heterocycles. The first kappa shape index (κ1) is 14.5. The van der Waals surface area contributed by atoms with Crippen LogP contribution in [0.1, 0.15) is 26.3 Å². The Kier molecular flexibility index (Phi) is 3.81. The summed E-state index contributed by atoms with van der Waals surface area (Å²) in [6.45, 7) is 6.73. The number of nitrogens with one attached hydrogen (secondary N) is 1. The first-order valence-electron chi connectivity index (χ1n) is 7.72. The number of hydrogen-bond donors (Lipinski definition) is 0. The molecule has 0 amide bonds. The molecule has 2 aromatic carbocycles. The van der Waals surface area contributed by atoms with Gasteiger partial charge in [0.15, 0.2) is 6.20 Å². The van der Waals surface area contributed by atoms with Crippen LogP contribution in [0.4, 0.5) is 0 Å². The van der Waals surface area contributed by atoms with E-state index in [4.69, 9.17) is 0 Å². The van der Waals surface area contributed by atoms with Crippen LogP contribution in [-0.2, 0) is 5.41 Å². The third kappa shape index (κ3) is 3.09. The molecule has 1 nitrogen and oxygen atoms in total. The number of hydrogen-bond acceptors (Lipinski definition) is 0. The Hall–Kier alpha value is -2.41. The fourth-order valence-corrected chi connectivity index (χ4v) is 2.60. The number of H-pyrrole nitrogens is 1. The molecule has 0 aliphatic carbocycles. The lowest BCUT2D eigenvalue weighted by atomic mass is 9.87. The van der Waals surface area contributed by atoms with Crippen LogP contribution in [0.2, 0.25) is 0 Å². The molecule has 1 N–H and O–H groups in total. The highest BCUT2D eigenvalue weighted by atomic mass is 14.7. The fraction of sp³-hybridized carbons (Fsp3) is 0.190. The average Bonchev–Trinajstić information content (AvgIpc) is 2.55. The van der Waals surface area contributed by atoms with Crippen LogP contribution in [0.3, 0.4) is 0 Å². The second-order valence-corrected chi connectivity index (χ2v) is 6.69. The zero-order chi connectivity index (χ0) is 15.6. The molecule has 22 heavy (non-hydrogen) atoms. The third-order valence-electron chi connectivity index (χ3n) is 3.95. The van der Waals surface area contributed by atoms with Gasteiger partial charge < -0.3 is 0 Å². The number of pyridine rings is 1. The Bertz CT molecular complexity index is 767. The standard InChI is InChI=1S/C21H21N/c1-21(2,3)19-12-13-22-20(15-19)18-11-7-10-17(14-18)16-8-5-4-6-9-16/h4-15H,1-3H3/p+1. The summed E-state index contributed by atoms with van der Waals surface area (Å²) in [5.74, 6) is 0. The van der Waals surface area contributed by atoms with E-state index < -0.39 is 0 Å². The highest BCUT2D eigenvalue weighted by molar-refractivity contribution is 5.70. The summed E-state index contributed by atoms with van der Waals surface area (Å²) in [4.78, 5) is 3.38. The van der Waals surface area contributed by atoms with Gasteiger partial charge in [-0.2, -0.15) is 0 Å². The van der Waals surface area contributed by atoms with Crippen LogP contribution in [0.15, 0.2) is 72.9 Å². The summed E-state index contributed by atoms with van der Waals surface area (Å²) < 4.78 is 0. The van der Waals surface area contributed by atoms with Crippen molar-refractivity contribution in [3.63, 3.8) is 0 Å². The largest absolute Gasteiger partial charge is 0.211 e. The van der Waals surface area contributed by atoms with E-state index in [-0.39, 0.29) is 5.41 Å². The lowest BCUT2D eigenvalue weighted by Crippen LogP contribution is -2.15. The first-order valence-corrected chi connectivity index (χ1v) is 7.72. The van der Waals surface area contributed by atoms with Crippen LogP contribution in [0.25, 0.3) is 22.4 Å². The van der Waals surface area contributed by atoms with E-state index in [1.807, 2.05) is 12.3 Å². The van der Waals surface area contributed by atoms with E-state index >= 15 is 0 Å². The predicted molar refractivity (Wildman–Crippen MR) is 92.6 cm³/mol. The van der Waals surface area contributed by atoms with Crippen LogP contribution < -0.4 is 4.98 Å². The molecular formula is C21H22N+. The van der Waals surface area contributed by atoms with Crippen molar-refractivity contribution in [1.29, 1.82) is 0 Å². The SMILES string of the molecule is CC(C)(C)c1cc[nH+]c(-c2cccc(-c3ccccc3)c2)c1. The van der Waals surface area contributed by atoms with Crippen molar-refractivity contribution >= 4 is 0 Å². The summed E-state index contributed by atoms with van der Waals surface area (Å²) in [5, 5.41) is 0. The van der Waals surface area contributed by atoms with Crippen LogP contribution >= 0.6 is 0 Å². The molecule has 1 heteroatoms. The lowest BCUT2D eigenvalue weighted by molar-refractivity contribution is -0.364. The zero-order valence-electron chi connectivity index (χ0n) is 13.4. The molecule has 1 aromatic heterocycles. The van der Waals surface area contributed by atoms with Gasteiger partial charge in [-0.05, 0) is 34.2 Å². The smallest absolute Gasteiger partial charge is 0.211 e. The van der Waals surface area contributed by atoms with E-state index in [0.717, 1.165) is 5.69 Å². The summed E-state index contributed by atoms with van der Waals surface area (Å²) in [6, 6.07) is 23.6. The van der Waals surface area contributed by atoms with Gasteiger partial charge in [-0.25, -0.2) is 4.98 Å². The number of benzene rings is 2. The maximum absolute atomic E-state index is 3.38. The molecule has 0 spiro atoms. The van der Waals surface area contributed by atoms with Crippen molar-refractivity contribution < 1.29 is 4.98 Å². The minimum atomic E-state index is 0.154. The highest BCUT2D eigenvalue weighted by Crippen LogP contribution is 2.27. The molecule has 0 bridgehead atoms. The Balaban J connectivity index is 2.03. The topological polar surface area (TPSA) is 14.1 Å². The van der Waals surface area contributed by atoms with Gasteiger partial charge >= 0.3 is 0 Å². The van der Waals surface area contributed by atoms with Gasteiger partial charge in [-0.15, -0.1) is 0 Å². The second-order valence-electron chi connectivity index (χ2n) is 6.69. The first-order chi connectivity index (χ1) is 10.5. The van der Waals surface area contributed by atoms with Crippen molar-refractivity contribution in [2.24, 2.45) is 0 Å². The normalized spacial score (nSPS) is 11.4. The van der Waals surface area contributed by atoms with Gasteiger partial charge in [0, 0.05) is 17.7 Å². The molecule has 0 fully saturated rings. The molecular weight excluding hydrogens is 266 g/mol. The summed E-state index contributed by atoms with van der Waals surface area (Å²) in [5.41, 5.74) is 6.36. The molecule has 0 radical (unpaired) electrons. The van der Waals surface area contributed by atoms with E-state index in [2.05, 4.69) is 86.4 Å². The van der Waals surface area contributed by atoms with Gasteiger partial charge in [0.2, 0.25) is 5.69 Å². The Morgan fingerprint density at radius 2 is 1.36 bits per heavy atom. The van der Waals surface area contributed by atoms with Crippen molar-refractivity contribution in [3.8, 4) is 22.4 Å². The van der Waals surface area contributed by atoms with Gasteiger partial charge in [0.25, 0.3) is 0 Å². The molecule has 0 atom stereocenters. The lowest BCUT2D eigenvalue weighted by Gasteiger charge is -2.17. The maximum Gasteiger partial charge on any atom is 0.211 e. The van der Waals surface area contributed by atoms with Gasteiger partial charge in [-0.1, -0.05) is 63.2 Å². The van der Waals surface area contributed by atoms with Gasteiger partial charge in [0.05, 0.1) is 0 Å². The fourth-order valence-electron chi connectivity index (χ4n) is 2.60. The maximum atomic E-state index is 3.38. The molecule has 3 aromatic rings. The quantitative estimate of drug-likeness (QED) is 0.620. The minimum absolute atomic E-state index is 0.154. The van der Waals surface area contributed by atoms with Crippen molar-refractivity contribution in [2.45, 2.75) is 26.2 Å².